The maximum Gasteiger partial charge on any atom is 0.222 e. The van der Waals surface area contributed by atoms with Crippen molar-refractivity contribution in [2.75, 3.05) is 34.5 Å². The Bertz CT molecular complexity index is 643. The molecule has 130 valence electrons. The van der Waals surface area contributed by atoms with Gasteiger partial charge in [0.25, 0.3) is 0 Å². The van der Waals surface area contributed by atoms with Crippen LogP contribution in [0.3, 0.4) is 0 Å². The number of nitrogens with one attached hydrogen (secondary N) is 1. The first-order valence-electron chi connectivity index (χ1n) is 7.64. The Balaban J connectivity index is 2.28. The summed E-state index contributed by atoms with van der Waals surface area (Å²) in [5.74, 6) is 1.32. The van der Waals surface area contributed by atoms with Crippen molar-refractivity contribution in [3.05, 3.63) is 42.5 Å². The predicted molar refractivity (Wildman–Crippen MR) is 89.4 cm³/mol. The molecule has 7 nitrogen and oxygen atoms in total. The Morgan fingerprint density at radius 2 is 2.12 bits per heavy atom. The van der Waals surface area contributed by atoms with Crippen molar-refractivity contribution in [3.8, 4) is 11.5 Å². The van der Waals surface area contributed by atoms with E-state index in [0.717, 1.165) is 5.56 Å². The zero-order valence-corrected chi connectivity index (χ0v) is 14.2. The van der Waals surface area contributed by atoms with Gasteiger partial charge in [0.1, 0.15) is 11.5 Å². The van der Waals surface area contributed by atoms with E-state index in [2.05, 4.69) is 10.3 Å². The molecule has 0 aliphatic rings. The highest BCUT2D eigenvalue weighted by molar-refractivity contribution is 5.77. The summed E-state index contributed by atoms with van der Waals surface area (Å²) in [4.78, 5) is 16.4. The number of amides is 1. The Kier molecular flexibility index (Phi) is 6.62. The van der Waals surface area contributed by atoms with Gasteiger partial charge in [-0.3, -0.25) is 4.79 Å². The fraction of sp³-hybridized carbons (Fsp3) is 0.412. The number of carbonyl (C=O) groups is 1. The molecule has 1 unspecified atom stereocenters. The minimum Gasteiger partial charge on any atom is -0.497 e. The average Bonchev–Trinajstić information content (AvgIpc) is 3.13. The van der Waals surface area contributed by atoms with Gasteiger partial charge < -0.3 is 24.1 Å². The summed E-state index contributed by atoms with van der Waals surface area (Å²) in [6.07, 6.45) is 5.45. The summed E-state index contributed by atoms with van der Waals surface area (Å²) in [7, 11) is 4.81. The smallest absolute Gasteiger partial charge is 0.222 e. The highest BCUT2D eigenvalue weighted by Crippen LogP contribution is 2.33. The van der Waals surface area contributed by atoms with Crippen LogP contribution in [0.5, 0.6) is 11.5 Å². The lowest BCUT2D eigenvalue weighted by atomic mass is 10.0. The quantitative estimate of drug-likeness (QED) is 0.706. The molecule has 1 heterocycles. The highest BCUT2D eigenvalue weighted by Gasteiger charge is 2.22. The second kappa shape index (κ2) is 8.93. The molecule has 0 radical (unpaired) electrons. The molecule has 7 heteroatoms. The molecule has 0 fully saturated rings. The molecular formula is C17H23N3O4. The lowest BCUT2D eigenvalue weighted by Crippen LogP contribution is -2.29. The predicted octanol–water partition coefficient (Wildman–Crippen LogP) is 1.64. The van der Waals surface area contributed by atoms with Gasteiger partial charge in [-0.25, -0.2) is 4.98 Å². The van der Waals surface area contributed by atoms with Crippen LogP contribution in [0.15, 0.2) is 36.9 Å². The van der Waals surface area contributed by atoms with E-state index in [-0.39, 0.29) is 18.4 Å². The Morgan fingerprint density at radius 1 is 1.29 bits per heavy atom. The second-order valence-electron chi connectivity index (χ2n) is 5.18. The number of aromatic nitrogens is 2. The van der Waals surface area contributed by atoms with Crippen molar-refractivity contribution >= 4 is 5.91 Å². The molecule has 2 aromatic rings. The molecule has 24 heavy (non-hydrogen) atoms. The maximum absolute atomic E-state index is 12.3. The fourth-order valence-electron chi connectivity index (χ4n) is 2.47. The maximum atomic E-state index is 12.3. The molecule has 0 aliphatic heterocycles. The van der Waals surface area contributed by atoms with E-state index < -0.39 is 0 Å². The first-order chi connectivity index (χ1) is 11.7. The number of nitrogens with zero attached hydrogens (tertiary/aromatic N) is 2. The van der Waals surface area contributed by atoms with Crippen LogP contribution in [0.2, 0.25) is 0 Å². The zero-order valence-electron chi connectivity index (χ0n) is 14.2. The van der Waals surface area contributed by atoms with Crippen molar-refractivity contribution in [1.29, 1.82) is 0 Å². The number of imidazole rings is 1. The Hall–Kier alpha value is -2.54. The van der Waals surface area contributed by atoms with Crippen LogP contribution < -0.4 is 14.8 Å². The number of methoxy groups -OCH3 is 3. The summed E-state index contributed by atoms with van der Waals surface area (Å²) in [5, 5.41) is 2.84. The topological polar surface area (TPSA) is 74.6 Å². The summed E-state index contributed by atoms with van der Waals surface area (Å²) in [5.41, 5.74) is 0.858. The normalized spacial score (nSPS) is 11.8. The van der Waals surface area contributed by atoms with Crippen LogP contribution in [0, 0.1) is 0 Å². The molecule has 2 rings (SSSR count). The number of carbonyl (C=O) groups excluding carboxylic acids is 1. The number of hydrogen-bond donors (Lipinski definition) is 1. The lowest BCUT2D eigenvalue weighted by molar-refractivity contribution is -0.121. The van der Waals surface area contributed by atoms with Crippen molar-refractivity contribution < 1.29 is 19.0 Å². The van der Waals surface area contributed by atoms with Crippen LogP contribution >= 0.6 is 0 Å². The molecule has 0 saturated heterocycles. The van der Waals surface area contributed by atoms with E-state index in [9.17, 15) is 4.79 Å². The molecule has 0 saturated carbocycles. The molecule has 1 aromatic carbocycles. The highest BCUT2D eigenvalue weighted by atomic mass is 16.5. The lowest BCUT2D eigenvalue weighted by Gasteiger charge is -2.21. The average molecular weight is 333 g/mol. The van der Waals surface area contributed by atoms with Gasteiger partial charge >= 0.3 is 0 Å². The first-order valence-corrected chi connectivity index (χ1v) is 7.64. The van der Waals surface area contributed by atoms with Crippen molar-refractivity contribution in [3.63, 3.8) is 0 Å². The van der Waals surface area contributed by atoms with Gasteiger partial charge in [0, 0.05) is 31.6 Å². The third-order valence-corrected chi connectivity index (χ3v) is 3.69. The third-order valence-electron chi connectivity index (χ3n) is 3.69. The molecule has 1 atom stereocenters. The van der Waals surface area contributed by atoms with Gasteiger partial charge in [-0.2, -0.15) is 0 Å². The SMILES string of the molecule is COCCNC(=O)CC(c1cc(OC)ccc1OC)n1ccnc1. The van der Waals surface area contributed by atoms with Gasteiger partial charge in [-0.1, -0.05) is 0 Å². The number of ether oxygens (including phenoxy) is 3. The van der Waals surface area contributed by atoms with Gasteiger partial charge in [-0.05, 0) is 18.2 Å². The number of hydrogen-bond acceptors (Lipinski definition) is 5. The Morgan fingerprint density at radius 3 is 2.75 bits per heavy atom. The molecule has 1 amide bonds. The van der Waals surface area contributed by atoms with Gasteiger partial charge in [0.15, 0.2) is 0 Å². The Labute approximate surface area is 141 Å². The van der Waals surface area contributed by atoms with Gasteiger partial charge in [0.05, 0.1) is 39.6 Å². The summed E-state index contributed by atoms with van der Waals surface area (Å²) in [6, 6.07) is 5.29. The van der Waals surface area contributed by atoms with Crippen LogP contribution in [-0.4, -0.2) is 49.9 Å². The minimum atomic E-state index is -0.250. The monoisotopic (exact) mass is 333 g/mol. The standard InChI is InChI=1S/C17H23N3O4/c1-22-9-7-19-17(21)11-15(20-8-6-18-12-20)14-10-13(23-2)4-5-16(14)24-3/h4-6,8,10,12,15H,7,9,11H2,1-3H3,(H,19,21). The number of rotatable bonds is 9. The van der Waals surface area contributed by atoms with Crippen molar-refractivity contribution in [2.45, 2.75) is 12.5 Å². The molecule has 0 bridgehead atoms. The number of benzene rings is 1. The van der Waals surface area contributed by atoms with E-state index in [1.54, 1.807) is 33.9 Å². The van der Waals surface area contributed by atoms with E-state index in [0.29, 0.717) is 24.7 Å². The molecule has 1 N–H and O–H groups in total. The molecule has 1 aromatic heterocycles. The van der Waals surface area contributed by atoms with E-state index in [1.165, 1.54) is 0 Å². The largest absolute Gasteiger partial charge is 0.497 e. The first kappa shape index (κ1) is 17.8. The van der Waals surface area contributed by atoms with Gasteiger partial charge in [0.2, 0.25) is 5.91 Å². The summed E-state index contributed by atoms with van der Waals surface area (Å²) >= 11 is 0. The van der Waals surface area contributed by atoms with Crippen LogP contribution in [0.25, 0.3) is 0 Å². The van der Waals surface area contributed by atoms with E-state index in [4.69, 9.17) is 14.2 Å². The molecule has 0 aliphatic carbocycles. The molecular weight excluding hydrogens is 310 g/mol. The zero-order chi connectivity index (χ0) is 17.4. The van der Waals surface area contributed by atoms with Crippen LogP contribution in [0.4, 0.5) is 0 Å². The fourth-order valence-corrected chi connectivity index (χ4v) is 2.47. The minimum absolute atomic E-state index is 0.0735. The van der Waals surface area contributed by atoms with Crippen LogP contribution in [-0.2, 0) is 9.53 Å². The van der Waals surface area contributed by atoms with Gasteiger partial charge in [-0.15, -0.1) is 0 Å². The molecule has 0 spiro atoms. The third kappa shape index (κ3) is 4.48. The van der Waals surface area contributed by atoms with E-state index in [1.807, 2.05) is 29.0 Å². The van der Waals surface area contributed by atoms with Crippen LogP contribution in [0.1, 0.15) is 18.0 Å². The van der Waals surface area contributed by atoms with Crippen molar-refractivity contribution in [1.82, 2.24) is 14.9 Å². The summed E-state index contributed by atoms with van der Waals surface area (Å²) in [6.45, 7) is 0.950. The summed E-state index contributed by atoms with van der Waals surface area (Å²) < 4.78 is 17.6. The van der Waals surface area contributed by atoms with E-state index >= 15 is 0 Å². The second-order valence-corrected chi connectivity index (χ2v) is 5.18. The van der Waals surface area contributed by atoms with Crippen molar-refractivity contribution in [2.24, 2.45) is 0 Å².